The van der Waals surface area contributed by atoms with E-state index in [9.17, 15) is 8.78 Å². The third kappa shape index (κ3) is 3.00. The molecule has 1 fully saturated rings. The molecule has 142 valence electrons. The Bertz CT molecular complexity index is 1140. The molecule has 1 unspecified atom stereocenters. The quantitative estimate of drug-likeness (QED) is 0.528. The number of hydrogen-bond donors (Lipinski definition) is 2. The summed E-state index contributed by atoms with van der Waals surface area (Å²) in [5, 5.41) is 10.1. The van der Waals surface area contributed by atoms with Gasteiger partial charge in [-0.1, -0.05) is 12.1 Å². The first-order chi connectivity index (χ1) is 13.6. The van der Waals surface area contributed by atoms with E-state index in [1.54, 1.807) is 18.5 Å². The molecule has 8 heteroatoms. The van der Waals surface area contributed by atoms with E-state index in [2.05, 4.69) is 25.5 Å². The van der Waals surface area contributed by atoms with E-state index >= 15 is 0 Å². The average Bonchev–Trinajstić information content (AvgIpc) is 3.30. The number of fused-ring (bicyclic) bond motifs is 1. The molecule has 0 spiro atoms. The zero-order chi connectivity index (χ0) is 19.3. The highest BCUT2D eigenvalue weighted by Crippen LogP contribution is 2.39. The van der Waals surface area contributed by atoms with E-state index in [1.807, 2.05) is 17.6 Å². The summed E-state index contributed by atoms with van der Waals surface area (Å²) in [7, 11) is 0. The Kier molecular flexibility index (Phi) is 3.85. The zero-order valence-electron chi connectivity index (χ0n) is 15.2. The van der Waals surface area contributed by atoms with Gasteiger partial charge in [0.25, 0.3) is 0 Å². The Balaban J connectivity index is 1.49. The van der Waals surface area contributed by atoms with Gasteiger partial charge in [-0.15, -0.1) is 0 Å². The fourth-order valence-electron chi connectivity index (χ4n) is 3.33. The van der Waals surface area contributed by atoms with Gasteiger partial charge in [0, 0.05) is 23.7 Å². The van der Waals surface area contributed by atoms with Crippen molar-refractivity contribution in [1.29, 1.82) is 0 Å². The number of pyridine rings is 1. The summed E-state index contributed by atoms with van der Waals surface area (Å²) in [4.78, 5) is 8.71. The molecule has 1 aromatic carbocycles. The van der Waals surface area contributed by atoms with Crippen LogP contribution in [-0.4, -0.2) is 24.7 Å². The van der Waals surface area contributed by atoms with E-state index in [-0.39, 0.29) is 17.7 Å². The summed E-state index contributed by atoms with van der Waals surface area (Å²) in [5.74, 6) is 0.367. The van der Waals surface area contributed by atoms with Crippen molar-refractivity contribution in [3.63, 3.8) is 0 Å². The highest BCUT2D eigenvalue weighted by Gasteiger charge is 2.25. The number of aromatic amines is 1. The molecular weight excluding hydrogens is 362 g/mol. The Morgan fingerprint density at radius 3 is 2.71 bits per heavy atom. The van der Waals surface area contributed by atoms with Crippen molar-refractivity contribution < 1.29 is 8.78 Å². The number of anilines is 2. The fourth-order valence-corrected chi connectivity index (χ4v) is 3.33. The first-order valence-corrected chi connectivity index (χ1v) is 9.19. The Morgan fingerprint density at radius 1 is 1.18 bits per heavy atom. The molecule has 0 amide bonds. The smallest absolute Gasteiger partial charge is 0.170 e. The predicted octanol–water partition coefficient (Wildman–Crippen LogP) is 4.66. The van der Waals surface area contributed by atoms with Crippen LogP contribution >= 0.6 is 0 Å². The summed E-state index contributed by atoms with van der Waals surface area (Å²) in [6, 6.07) is 9.38. The van der Waals surface area contributed by atoms with E-state index in [0.29, 0.717) is 22.9 Å². The molecule has 3 heterocycles. The van der Waals surface area contributed by atoms with Crippen LogP contribution in [0.5, 0.6) is 0 Å². The lowest BCUT2D eigenvalue weighted by Gasteiger charge is -2.15. The fraction of sp³-hybridized carbons (Fsp3) is 0.250. The Hall–Kier alpha value is -3.29. The maximum absolute atomic E-state index is 14.5. The molecule has 2 N–H and O–H groups in total. The van der Waals surface area contributed by atoms with Crippen molar-refractivity contribution in [3.8, 4) is 0 Å². The van der Waals surface area contributed by atoms with Gasteiger partial charge in [-0.25, -0.2) is 18.7 Å². The Morgan fingerprint density at radius 2 is 1.96 bits per heavy atom. The first-order valence-electron chi connectivity index (χ1n) is 9.19. The molecule has 28 heavy (non-hydrogen) atoms. The lowest BCUT2D eigenvalue weighted by molar-refractivity contribution is 0.617. The second-order valence-corrected chi connectivity index (χ2v) is 7.15. The number of nitrogens with one attached hydrogen (secondary N) is 2. The Labute approximate surface area is 159 Å². The second-order valence-electron chi connectivity index (χ2n) is 7.15. The van der Waals surface area contributed by atoms with Crippen LogP contribution < -0.4 is 5.32 Å². The molecule has 1 aliphatic carbocycles. The van der Waals surface area contributed by atoms with Crippen molar-refractivity contribution in [2.45, 2.75) is 31.7 Å². The third-order valence-corrected chi connectivity index (χ3v) is 5.13. The van der Waals surface area contributed by atoms with E-state index < -0.39 is 5.82 Å². The number of aromatic nitrogens is 5. The highest BCUT2D eigenvalue weighted by atomic mass is 19.1. The topological polar surface area (TPSA) is 71.4 Å². The molecule has 1 atom stereocenters. The third-order valence-electron chi connectivity index (χ3n) is 5.13. The average molecular weight is 380 g/mol. The molecule has 0 saturated heterocycles. The summed E-state index contributed by atoms with van der Waals surface area (Å²) >= 11 is 0. The zero-order valence-corrected chi connectivity index (χ0v) is 15.2. The van der Waals surface area contributed by atoms with Gasteiger partial charge in [-0.3, -0.25) is 5.10 Å². The van der Waals surface area contributed by atoms with Crippen LogP contribution in [0.2, 0.25) is 0 Å². The molecule has 5 rings (SSSR count). The van der Waals surface area contributed by atoms with Crippen LogP contribution in [0.3, 0.4) is 0 Å². The normalized spacial score (nSPS) is 15.1. The van der Waals surface area contributed by atoms with Crippen LogP contribution in [-0.2, 0) is 0 Å². The predicted molar refractivity (Wildman–Crippen MR) is 102 cm³/mol. The van der Waals surface area contributed by atoms with Gasteiger partial charge in [0.1, 0.15) is 11.3 Å². The minimum atomic E-state index is -0.497. The number of imidazole rings is 1. The SMILES string of the molecule is CC(c1ccc(F)cc1)n1cnc2cc(F)c(Nc3cc(C4CC4)[nH]n3)nc21. The van der Waals surface area contributed by atoms with Crippen molar-refractivity contribution in [1.82, 2.24) is 24.7 Å². The molecule has 6 nitrogen and oxygen atoms in total. The monoisotopic (exact) mass is 380 g/mol. The molecule has 0 aliphatic heterocycles. The van der Waals surface area contributed by atoms with Crippen LogP contribution in [0.15, 0.2) is 42.7 Å². The van der Waals surface area contributed by atoms with Gasteiger partial charge in [0.05, 0.1) is 12.4 Å². The van der Waals surface area contributed by atoms with Gasteiger partial charge in [-0.05, 0) is 37.5 Å². The summed E-state index contributed by atoms with van der Waals surface area (Å²) in [5.41, 5.74) is 2.96. The molecular formula is C20H18F2N6. The van der Waals surface area contributed by atoms with Crippen molar-refractivity contribution in [2.75, 3.05) is 5.32 Å². The van der Waals surface area contributed by atoms with E-state index in [0.717, 1.165) is 24.1 Å². The van der Waals surface area contributed by atoms with Crippen molar-refractivity contribution >= 4 is 22.8 Å². The summed E-state index contributed by atoms with van der Waals surface area (Å²) in [6.45, 7) is 1.96. The molecule has 3 aromatic heterocycles. The maximum atomic E-state index is 14.5. The van der Waals surface area contributed by atoms with Crippen LogP contribution in [0.25, 0.3) is 11.2 Å². The van der Waals surface area contributed by atoms with Gasteiger partial charge >= 0.3 is 0 Å². The standard InChI is InChI=1S/C20H18F2N6/c1-11(12-4-6-14(21)7-5-12)28-10-23-17-8-15(22)19(25-20(17)28)24-18-9-16(26-27-18)13-2-3-13/h4-11,13H,2-3H2,1H3,(H2,24,25,26,27). The largest absolute Gasteiger partial charge is 0.321 e. The highest BCUT2D eigenvalue weighted by molar-refractivity contribution is 5.74. The number of benzene rings is 1. The molecule has 1 saturated carbocycles. The van der Waals surface area contributed by atoms with Crippen molar-refractivity contribution in [2.24, 2.45) is 0 Å². The number of nitrogens with zero attached hydrogens (tertiary/aromatic N) is 4. The number of hydrogen-bond acceptors (Lipinski definition) is 4. The van der Waals surface area contributed by atoms with E-state index in [4.69, 9.17) is 0 Å². The van der Waals surface area contributed by atoms with Crippen LogP contribution in [0, 0.1) is 11.6 Å². The van der Waals surface area contributed by atoms with E-state index in [1.165, 1.54) is 18.2 Å². The lowest BCUT2D eigenvalue weighted by atomic mass is 10.1. The summed E-state index contributed by atoms with van der Waals surface area (Å²) < 4.78 is 29.6. The van der Waals surface area contributed by atoms with Gasteiger partial charge < -0.3 is 9.88 Å². The first kappa shape index (κ1) is 16.9. The number of H-pyrrole nitrogens is 1. The molecule has 0 radical (unpaired) electrons. The van der Waals surface area contributed by atoms with Gasteiger partial charge in [0.2, 0.25) is 0 Å². The molecule has 0 bridgehead atoms. The number of halogens is 2. The van der Waals surface area contributed by atoms with Gasteiger partial charge in [-0.2, -0.15) is 5.10 Å². The van der Waals surface area contributed by atoms with Crippen LogP contribution in [0.4, 0.5) is 20.4 Å². The second kappa shape index (κ2) is 6.40. The van der Waals surface area contributed by atoms with Crippen molar-refractivity contribution in [3.05, 3.63) is 65.6 Å². The minimum absolute atomic E-state index is 0.0920. The molecule has 1 aliphatic rings. The lowest BCUT2D eigenvalue weighted by Crippen LogP contribution is -2.07. The van der Waals surface area contributed by atoms with Gasteiger partial charge in [0.15, 0.2) is 23.1 Å². The maximum Gasteiger partial charge on any atom is 0.170 e. The minimum Gasteiger partial charge on any atom is -0.321 e. The van der Waals surface area contributed by atoms with Crippen LogP contribution in [0.1, 0.15) is 43.0 Å². The number of rotatable bonds is 5. The molecule has 4 aromatic rings. The summed E-state index contributed by atoms with van der Waals surface area (Å²) in [6.07, 6.45) is 3.93.